The highest BCUT2D eigenvalue weighted by atomic mass is 16.2. The van der Waals surface area contributed by atoms with Crippen molar-refractivity contribution in [2.45, 2.75) is 13.3 Å². The Morgan fingerprint density at radius 1 is 1.53 bits per heavy atom. The van der Waals surface area contributed by atoms with Crippen LogP contribution in [0.1, 0.15) is 12.1 Å². The highest BCUT2D eigenvalue weighted by Crippen LogP contribution is 2.05. The van der Waals surface area contributed by atoms with Crippen LogP contribution in [0.5, 0.6) is 0 Å². The molecular weight excluding hydrogens is 218 g/mol. The molecule has 0 radical (unpaired) electrons. The molecule has 0 saturated heterocycles. The normalized spacial score (nSPS) is 10.6. The molecule has 0 unspecified atom stereocenters. The van der Waals surface area contributed by atoms with E-state index in [0.29, 0.717) is 12.4 Å². The topological polar surface area (TPSA) is 62.2 Å². The highest BCUT2D eigenvalue weighted by molar-refractivity contribution is 5.88. The van der Waals surface area contributed by atoms with Crippen molar-refractivity contribution in [1.82, 2.24) is 20.0 Å². The molecule has 0 aliphatic carbocycles. The average Bonchev–Trinajstić information content (AvgIpc) is 2.52. The summed E-state index contributed by atoms with van der Waals surface area (Å²) in [5.41, 5.74) is 1.01. The number of amides is 2. The number of aryl methyl sites for hydroxylation is 2. The predicted molar refractivity (Wildman–Crippen MR) is 68.1 cm³/mol. The third-order valence-electron chi connectivity index (χ3n) is 2.42. The van der Waals surface area contributed by atoms with Crippen LogP contribution in [0.3, 0.4) is 0 Å². The van der Waals surface area contributed by atoms with Crippen molar-refractivity contribution in [2.24, 2.45) is 7.05 Å². The fourth-order valence-electron chi connectivity index (χ4n) is 1.38. The molecule has 1 rings (SSSR count). The maximum absolute atomic E-state index is 11.5. The summed E-state index contributed by atoms with van der Waals surface area (Å²) in [4.78, 5) is 13.6. The fourth-order valence-corrected chi connectivity index (χ4v) is 1.38. The largest absolute Gasteiger partial charge is 0.338 e. The van der Waals surface area contributed by atoms with Crippen LogP contribution in [0.4, 0.5) is 10.6 Å². The van der Waals surface area contributed by atoms with Crippen LogP contribution in [0.2, 0.25) is 0 Å². The minimum Gasteiger partial charge on any atom is -0.338 e. The molecule has 96 valence electrons. The molecule has 6 heteroatoms. The standard InChI is InChI=1S/C11H21N5O/c1-9-8-10(14-16(9)4)13-11(17)12-6-5-7-15(2)3/h8H,5-7H2,1-4H3,(H2,12,13,14,17). The van der Waals surface area contributed by atoms with E-state index in [1.54, 1.807) is 4.68 Å². The molecule has 6 nitrogen and oxygen atoms in total. The van der Waals surface area contributed by atoms with Gasteiger partial charge in [-0.3, -0.25) is 10.00 Å². The van der Waals surface area contributed by atoms with Gasteiger partial charge in [0.05, 0.1) is 0 Å². The zero-order valence-corrected chi connectivity index (χ0v) is 10.9. The Morgan fingerprint density at radius 3 is 2.76 bits per heavy atom. The first kappa shape index (κ1) is 13.5. The summed E-state index contributed by atoms with van der Waals surface area (Å²) in [7, 11) is 5.86. The molecule has 2 N–H and O–H groups in total. The summed E-state index contributed by atoms with van der Waals surface area (Å²) < 4.78 is 1.72. The average molecular weight is 239 g/mol. The number of nitrogens with zero attached hydrogens (tertiary/aromatic N) is 3. The Morgan fingerprint density at radius 2 is 2.24 bits per heavy atom. The molecule has 17 heavy (non-hydrogen) atoms. The van der Waals surface area contributed by atoms with Gasteiger partial charge in [-0.25, -0.2) is 4.79 Å². The number of urea groups is 1. The van der Waals surface area contributed by atoms with Crippen molar-refractivity contribution in [3.63, 3.8) is 0 Å². The van der Waals surface area contributed by atoms with E-state index < -0.39 is 0 Å². The Kier molecular flexibility index (Phi) is 4.96. The van der Waals surface area contributed by atoms with E-state index in [2.05, 4.69) is 20.6 Å². The predicted octanol–water partition coefficient (Wildman–Crippen LogP) is 0.802. The summed E-state index contributed by atoms with van der Waals surface area (Å²) in [6.45, 7) is 3.56. The van der Waals surface area contributed by atoms with Crippen LogP contribution in [-0.2, 0) is 7.05 Å². The Balaban J connectivity index is 2.25. The molecule has 0 aliphatic heterocycles. The maximum Gasteiger partial charge on any atom is 0.320 e. The van der Waals surface area contributed by atoms with E-state index in [9.17, 15) is 4.79 Å². The number of hydrogen-bond donors (Lipinski definition) is 2. The van der Waals surface area contributed by atoms with Crippen LogP contribution >= 0.6 is 0 Å². The SMILES string of the molecule is Cc1cc(NC(=O)NCCCN(C)C)nn1C. The summed E-state index contributed by atoms with van der Waals surface area (Å²) in [6, 6.07) is 1.63. The summed E-state index contributed by atoms with van der Waals surface area (Å²) in [6.07, 6.45) is 0.932. The van der Waals surface area contributed by atoms with Gasteiger partial charge >= 0.3 is 6.03 Å². The Hall–Kier alpha value is -1.56. The quantitative estimate of drug-likeness (QED) is 0.747. The summed E-state index contributed by atoms with van der Waals surface area (Å²) >= 11 is 0. The minimum absolute atomic E-state index is 0.207. The number of hydrogen-bond acceptors (Lipinski definition) is 3. The van der Waals surface area contributed by atoms with Gasteiger partial charge in [0.25, 0.3) is 0 Å². The Labute approximate surface area is 102 Å². The second-order valence-electron chi connectivity index (χ2n) is 4.33. The highest BCUT2D eigenvalue weighted by Gasteiger charge is 2.05. The monoisotopic (exact) mass is 239 g/mol. The first-order valence-corrected chi connectivity index (χ1v) is 5.69. The summed E-state index contributed by atoms with van der Waals surface area (Å²) in [5, 5.41) is 9.63. The molecule has 0 aromatic carbocycles. The third-order valence-corrected chi connectivity index (χ3v) is 2.42. The van der Waals surface area contributed by atoms with E-state index in [1.165, 1.54) is 0 Å². The zero-order chi connectivity index (χ0) is 12.8. The van der Waals surface area contributed by atoms with E-state index in [4.69, 9.17) is 0 Å². The van der Waals surface area contributed by atoms with Crippen molar-refractivity contribution < 1.29 is 4.79 Å². The van der Waals surface area contributed by atoms with Crippen LogP contribution in [0.15, 0.2) is 6.07 Å². The third kappa shape index (κ3) is 4.86. The number of nitrogens with one attached hydrogen (secondary N) is 2. The molecular formula is C11H21N5O. The van der Waals surface area contributed by atoms with E-state index in [-0.39, 0.29) is 6.03 Å². The van der Waals surface area contributed by atoms with Gasteiger partial charge in [-0.05, 0) is 34.0 Å². The second kappa shape index (κ2) is 6.24. The molecule has 1 aromatic rings. The van der Waals surface area contributed by atoms with Gasteiger partial charge in [-0.15, -0.1) is 0 Å². The zero-order valence-electron chi connectivity index (χ0n) is 10.9. The maximum atomic E-state index is 11.5. The lowest BCUT2D eigenvalue weighted by atomic mass is 10.4. The molecule has 0 spiro atoms. The molecule has 0 fully saturated rings. The number of carbonyl (C=O) groups excluding carboxylic acids is 1. The lowest BCUT2D eigenvalue weighted by molar-refractivity contribution is 0.251. The first-order valence-electron chi connectivity index (χ1n) is 5.69. The van der Waals surface area contributed by atoms with E-state index in [1.807, 2.05) is 34.1 Å². The number of anilines is 1. The fraction of sp³-hybridized carbons (Fsp3) is 0.636. The van der Waals surface area contributed by atoms with Gasteiger partial charge in [-0.1, -0.05) is 0 Å². The smallest absolute Gasteiger partial charge is 0.320 e. The van der Waals surface area contributed by atoms with Crippen molar-refractivity contribution >= 4 is 11.8 Å². The molecule has 0 atom stereocenters. The van der Waals surface area contributed by atoms with Crippen LogP contribution < -0.4 is 10.6 Å². The molecule has 1 heterocycles. The number of rotatable bonds is 5. The van der Waals surface area contributed by atoms with Crippen molar-refractivity contribution in [3.05, 3.63) is 11.8 Å². The van der Waals surface area contributed by atoms with Crippen molar-refractivity contribution in [1.29, 1.82) is 0 Å². The van der Waals surface area contributed by atoms with Gasteiger partial charge in [0.2, 0.25) is 0 Å². The lowest BCUT2D eigenvalue weighted by Crippen LogP contribution is -2.31. The number of aromatic nitrogens is 2. The van der Waals surface area contributed by atoms with Gasteiger partial charge < -0.3 is 10.2 Å². The van der Waals surface area contributed by atoms with Crippen LogP contribution in [0.25, 0.3) is 0 Å². The molecule has 1 aromatic heterocycles. The number of carbonyl (C=O) groups is 1. The van der Waals surface area contributed by atoms with Gasteiger partial charge in [0.1, 0.15) is 0 Å². The van der Waals surface area contributed by atoms with Gasteiger partial charge in [-0.2, -0.15) is 5.10 Å². The minimum atomic E-state index is -0.207. The van der Waals surface area contributed by atoms with Crippen molar-refractivity contribution in [3.8, 4) is 0 Å². The first-order chi connectivity index (χ1) is 7.99. The van der Waals surface area contributed by atoms with Gasteiger partial charge in [0.15, 0.2) is 5.82 Å². The van der Waals surface area contributed by atoms with Gasteiger partial charge in [0, 0.05) is 25.4 Å². The molecule has 2 amide bonds. The second-order valence-corrected chi connectivity index (χ2v) is 4.33. The molecule has 0 saturated carbocycles. The van der Waals surface area contributed by atoms with E-state index >= 15 is 0 Å². The van der Waals surface area contributed by atoms with Crippen LogP contribution in [0, 0.1) is 6.92 Å². The Bertz CT molecular complexity index is 352. The van der Waals surface area contributed by atoms with E-state index in [0.717, 1.165) is 18.7 Å². The molecule has 0 aliphatic rings. The van der Waals surface area contributed by atoms with Crippen molar-refractivity contribution in [2.75, 3.05) is 32.5 Å². The lowest BCUT2D eigenvalue weighted by Gasteiger charge is -2.09. The summed E-state index contributed by atoms with van der Waals surface area (Å²) in [5.74, 6) is 0.579. The molecule has 0 bridgehead atoms. The van der Waals surface area contributed by atoms with Crippen LogP contribution in [-0.4, -0.2) is 47.9 Å².